The molecule has 6 heteroatoms. The summed E-state index contributed by atoms with van der Waals surface area (Å²) in [5, 5.41) is 5.96. The number of nitrogens with zero attached hydrogens (tertiary/aromatic N) is 1. The highest BCUT2D eigenvalue weighted by Crippen LogP contribution is 2.31. The molecule has 0 unspecified atom stereocenters. The number of anilines is 2. The number of amides is 3. The highest BCUT2D eigenvalue weighted by atomic mass is 16.5. The van der Waals surface area contributed by atoms with Gasteiger partial charge in [0, 0.05) is 24.7 Å². The maximum Gasteiger partial charge on any atom is 0.321 e. The number of hydrogen-bond donors (Lipinski definition) is 2. The molecule has 0 spiro atoms. The van der Waals surface area contributed by atoms with E-state index in [1.165, 1.54) is 0 Å². The van der Waals surface area contributed by atoms with E-state index in [1.807, 2.05) is 86.6 Å². The molecule has 0 radical (unpaired) electrons. The third-order valence-corrected chi connectivity index (χ3v) is 5.78. The Labute approximate surface area is 194 Å². The van der Waals surface area contributed by atoms with Crippen LogP contribution < -0.4 is 15.4 Å². The van der Waals surface area contributed by atoms with Crippen LogP contribution in [0.15, 0.2) is 72.8 Å². The second-order valence-electron chi connectivity index (χ2n) is 8.46. The first-order chi connectivity index (χ1) is 16.0. The van der Waals surface area contributed by atoms with Gasteiger partial charge in [0.15, 0.2) is 5.75 Å². The minimum Gasteiger partial charge on any atom is -0.455 e. The van der Waals surface area contributed by atoms with Crippen molar-refractivity contribution >= 4 is 23.3 Å². The molecular formula is C27H29N3O3. The van der Waals surface area contributed by atoms with Crippen molar-refractivity contribution in [2.24, 2.45) is 5.92 Å². The van der Waals surface area contributed by atoms with Crippen molar-refractivity contribution in [2.45, 2.75) is 26.7 Å². The van der Waals surface area contributed by atoms with Crippen LogP contribution in [0, 0.1) is 19.8 Å². The number of benzene rings is 3. The van der Waals surface area contributed by atoms with Gasteiger partial charge in [0.25, 0.3) is 0 Å². The molecule has 0 aliphatic carbocycles. The summed E-state index contributed by atoms with van der Waals surface area (Å²) in [5.74, 6) is 1.13. The maximum atomic E-state index is 12.9. The van der Waals surface area contributed by atoms with E-state index < -0.39 is 0 Å². The van der Waals surface area contributed by atoms with Crippen molar-refractivity contribution in [1.29, 1.82) is 0 Å². The number of rotatable bonds is 5. The van der Waals surface area contributed by atoms with Crippen LogP contribution in [0.2, 0.25) is 0 Å². The van der Waals surface area contributed by atoms with Crippen molar-refractivity contribution in [3.8, 4) is 11.5 Å². The fourth-order valence-corrected chi connectivity index (χ4v) is 3.97. The van der Waals surface area contributed by atoms with E-state index in [1.54, 1.807) is 4.90 Å². The van der Waals surface area contributed by atoms with Crippen LogP contribution in [0.3, 0.4) is 0 Å². The fourth-order valence-electron chi connectivity index (χ4n) is 3.97. The van der Waals surface area contributed by atoms with E-state index in [2.05, 4.69) is 10.6 Å². The quantitative estimate of drug-likeness (QED) is 0.510. The topological polar surface area (TPSA) is 70.7 Å². The summed E-state index contributed by atoms with van der Waals surface area (Å²) in [6.45, 7) is 5.08. The molecule has 0 atom stereocenters. The number of carbonyl (C=O) groups excluding carboxylic acids is 2. The third-order valence-electron chi connectivity index (χ3n) is 5.78. The summed E-state index contributed by atoms with van der Waals surface area (Å²) in [6.07, 6.45) is 1.24. The summed E-state index contributed by atoms with van der Waals surface area (Å²) < 4.78 is 6.02. The highest BCUT2D eigenvalue weighted by Gasteiger charge is 2.28. The number of nitrogens with one attached hydrogen (secondary N) is 2. The van der Waals surface area contributed by atoms with Crippen LogP contribution >= 0.6 is 0 Å². The van der Waals surface area contributed by atoms with Gasteiger partial charge in [-0.3, -0.25) is 4.79 Å². The lowest BCUT2D eigenvalue weighted by Crippen LogP contribution is -2.43. The zero-order chi connectivity index (χ0) is 23.2. The van der Waals surface area contributed by atoms with E-state index in [-0.39, 0.29) is 17.9 Å². The van der Waals surface area contributed by atoms with Gasteiger partial charge in [-0.1, -0.05) is 36.4 Å². The molecule has 2 N–H and O–H groups in total. The predicted molar refractivity (Wildman–Crippen MR) is 131 cm³/mol. The largest absolute Gasteiger partial charge is 0.455 e. The zero-order valence-electron chi connectivity index (χ0n) is 19.0. The van der Waals surface area contributed by atoms with Gasteiger partial charge < -0.3 is 20.3 Å². The first kappa shape index (κ1) is 22.4. The van der Waals surface area contributed by atoms with Crippen molar-refractivity contribution in [1.82, 2.24) is 4.90 Å². The second-order valence-corrected chi connectivity index (χ2v) is 8.46. The average Bonchev–Trinajstić information content (AvgIpc) is 2.80. The minimum absolute atomic E-state index is 0.0472. The Kier molecular flexibility index (Phi) is 6.93. The van der Waals surface area contributed by atoms with Crippen LogP contribution in [0.4, 0.5) is 16.2 Å². The first-order valence-corrected chi connectivity index (χ1v) is 11.2. The summed E-state index contributed by atoms with van der Waals surface area (Å²) in [7, 11) is 0. The molecule has 0 aromatic heterocycles. The normalized spacial score (nSPS) is 13.9. The Hall–Kier alpha value is -3.80. The van der Waals surface area contributed by atoms with Crippen LogP contribution in [-0.2, 0) is 4.79 Å². The molecule has 1 heterocycles. The smallest absolute Gasteiger partial charge is 0.321 e. The van der Waals surface area contributed by atoms with Gasteiger partial charge in [-0.2, -0.15) is 0 Å². The lowest BCUT2D eigenvalue weighted by atomic mass is 9.96. The SMILES string of the molecule is Cc1cccc(NC(=O)N2CCC(C(=O)Nc3ccccc3Oc3cccc(C)c3)CC2)c1. The number of likely N-dealkylation sites (tertiary alicyclic amines) is 1. The molecule has 6 nitrogen and oxygen atoms in total. The van der Waals surface area contributed by atoms with E-state index >= 15 is 0 Å². The van der Waals surface area contributed by atoms with Gasteiger partial charge in [-0.15, -0.1) is 0 Å². The monoisotopic (exact) mass is 443 g/mol. The van der Waals surface area contributed by atoms with Gasteiger partial charge in [0.05, 0.1) is 5.69 Å². The van der Waals surface area contributed by atoms with Gasteiger partial charge >= 0.3 is 6.03 Å². The molecular weight excluding hydrogens is 414 g/mol. The van der Waals surface area contributed by atoms with Gasteiger partial charge in [-0.25, -0.2) is 4.79 Å². The standard InChI is InChI=1S/C27H29N3O3/c1-19-7-5-9-22(17-19)28-27(32)30-15-13-21(14-16-30)26(31)29-24-11-3-4-12-25(24)33-23-10-6-8-20(2)18-23/h3-12,17-18,21H,13-16H2,1-2H3,(H,28,32)(H,29,31). The summed E-state index contributed by atoms with van der Waals surface area (Å²) in [5.41, 5.74) is 3.62. The number of piperidine rings is 1. The Balaban J connectivity index is 1.33. The molecule has 170 valence electrons. The van der Waals surface area contributed by atoms with Crippen molar-refractivity contribution in [3.63, 3.8) is 0 Å². The number of aryl methyl sites for hydroxylation is 2. The van der Waals surface area contributed by atoms with Crippen molar-refractivity contribution in [2.75, 3.05) is 23.7 Å². The summed E-state index contributed by atoms with van der Waals surface area (Å²) in [6, 6.07) is 22.8. The second kappa shape index (κ2) is 10.2. The van der Waals surface area contributed by atoms with Gasteiger partial charge in [0.2, 0.25) is 5.91 Å². The van der Waals surface area contributed by atoms with Crippen LogP contribution in [-0.4, -0.2) is 29.9 Å². The molecule has 1 fully saturated rings. The highest BCUT2D eigenvalue weighted by molar-refractivity contribution is 5.94. The Bertz CT molecular complexity index is 1140. The van der Waals surface area contributed by atoms with Crippen molar-refractivity contribution < 1.29 is 14.3 Å². The molecule has 4 rings (SSSR count). The number of para-hydroxylation sites is 2. The first-order valence-electron chi connectivity index (χ1n) is 11.2. The van der Waals surface area contributed by atoms with Crippen LogP contribution in [0.25, 0.3) is 0 Å². The zero-order valence-corrected chi connectivity index (χ0v) is 19.0. The molecule has 3 aromatic carbocycles. The molecule has 0 saturated carbocycles. The minimum atomic E-state index is -0.153. The predicted octanol–water partition coefficient (Wildman–Crippen LogP) is 5.98. The summed E-state index contributed by atoms with van der Waals surface area (Å²) >= 11 is 0. The fraction of sp³-hybridized carbons (Fsp3) is 0.259. The maximum absolute atomic E-state index is 12.9. The van der Waals surface area contributed by atoms with Crippen LogP contribution in [0.1, 0.15) is 24.0 Å². The lowest BCUT2D eigenvalue weighted by Gasteiger charge is -2.31. The molecule has 1 aliphatic heterocycles. The van der Waals surface area contributed by atoms with Gasteiger partial charge in [-0.05, 0) is 74.2 Å². The van der Waals surface area contributed by atoms with Crippen molar-refractivity contribution in [3.05, 3.63) is 83.9 Å². The van der Waals surface area contributed by atoms with Gasteiger partial charge in [0.1, 0.15) is 5.75 Å². The number of ether oxygens (including phenoxy) is 1. The molecule has 1 saturated heterocycles. The van der Waals surface area contributed by atoms with E-state index in [4.69, 9.17) is 4.74 Å². The molecule has 0 bridgehead atoms. The van der Waals surface area contributed by atoms with E-state index in [0.717, 1.165) is 22.6 Å². The number of carbonyl (C=O) groups is 2. The molecule has 3 amide bonds. The number of hydrogen-bond acceptors (Lipinski definition) is 3. The third kappa shape index (κ3) is 5.92. The van der Waals surface area contributed by atoms with E-state index in [0.29, 0.717) is 37.4 Å². The average molecular weight is 444 g/mol. The lowest BCUT2D eigenvalue weighted by molar-refractivity contribution is -0.121. The Morgan fingerprint density at radius 3 is 2.27 bits per heavy atom. The number of urea groups is 1. The van der Waals surface area contributed by atoms with Crippen LogP contribution in [0.5, 0.6) is 11.5 Å². The summed E-state index contributed by atoms with van der Waals surface area (Å²) in [4.78, 5) is 27.3. The molecule has 1 aliphatic rings. The molecule has 33 heavy (non-hydrogen) atoms. The Morgan fingerprint density at radius 2 is 1.55 bits per heavy atom. The Morgan fingerprint density at radius 1 is 0.848 bits per heavy atom. The van der Waals surface area contributed by atoms with E-state index in [9.17, 15) is 9.59 Å². The molecule has 3 aromatic rings.